The zero-order chi connectivity index (χ0) is 16.4. The van der Waals surface area contributed by atoms with Gasteiger partial charge in [-0.25, -0.2) is 9.78 Å². The fourth-order valence-corrected chi connectivity index (χ4v) is 2.41. The predicted octanol–water partition coefficient (Wildman–Crippen LogP) is 3.40. The van der Waals surface area contributed by atoms with Crippen molar-refractivity contribution in [3.05, 3.63) is 54.1 Å². The van der Waals surface area contributed by atoms with Gasteiger partial charge in [0.15, 0.2) is 0 Å². The summed E-state index contributed by atoms with van der Waals surface area (Å²) in [5.41, 5.74) is 2.39. The van der Waals surface area contributed by atoms with Crippen molar-refractivity contribution in [2.45, 2.75) is 0 Å². The number of para-hydroxylation sites is 1. The molecule has 0 aliphatic carbocycles. The lowest BCUT2D eigenvalue weighted by molar-refractivity contribution is 0.0601. The first-order chi connectivity index (χ1) is 11.1. The lowest BCUT2D eigenvalue weighted by Gasteiger charge is -2.10. The average Bonchev–Trinajstić information content (AvgIpc) is 2.60. The summed E-state index contributed by atoms with van der Waals surface area (Å²) in [6.07, 6.45) is 0. The fourth-order valence-electron chi connectivity index (χ4n) is 2.41. The number of pyridine rings is 1. The molecule has 0 amide bonds. The van der Waals surface area contributed by atoms with Gasteiger partial charge in [-0.1, -0.05) is 18.2 Å². The van der Waals surface area contributed by atoms with Crippen molar-refractivity contribution in [1.82, 2.24) is 4.98 Å². The lowest BCUT2D eigenvalue weighted by atomic mass is 10.1. The molecular weight excluding hydrogens is 294 g/mol. The summed E-state index contributed by atoms with van der Waals surface area (Å²) < 4.78 is 10.1. The van der Waals surface area contributed by atoms with Gasteiger partial charge in [0.25, 0.3) is 0 Å². The third kappa shape index (κ3) is 2.68. The molecule has 1 aromatic heterocycles. The number of aromatic nitrogens is 1. The Morgan fingerprint density at radius 3 is 2.48 bits per heavy atom. The summed E-state index contributed by atoms with van der Waals surface area (Å²) in [5.74, 6) is 0.324. The number of rotatable bonds is 3. The van der Waals surface area contributed by atoms with Gasteiger partial charge in [0.1, 0.15) is 17.0 Å². The number of carbonyl (C=O) groups is 1. The van der Waals surface area contributed by atoms with E-state index in [1.807, 2.05) is 6.07 Å². The number of esters is 1. The number of nitrogens with zero attached hydrogens (tertiary/aromatic N) is 1. The number of fused-ring (bicyclic) bond motifs is 1. The van der Waals surface area contributed by atoms with E-state index < -0.39 is 5.97 Å². The highest BCUT2D eigenvalue weighted by Gasteiger charge is 2.12. The molecule has 0 aliphatic rings. The smallest absolute Gasteiger partial charge is 0.337 e. The molecule has 1 N–H and O–H groups in total. The summed E-state index contributed by atoms with van der Waals surface area (Å²) >= 11 is 0. The number of ether oxygens (including phenoxy) is 2. The Labute approximate surface area is 133 Å². The van der Waals surface area contributed by atoms with Gasteiger partial charge in [0.05, 0.1) is 25.5 Å². The first-order valence-corrected chi connectivity index (χ1v) is 6.99. The molecule has 0 atom stereocenters. The molecule has 116 valence electrons. The molecule has 0 bridgehead atoms. The number of phenols is 1. The molecule has 5 nitrogen and oxygen atoms in total. The van der Waals surface area contributed by atoms with Crippen LogP contribution < -0.4 is 4.74 Å². The molecular formula is C18H15NO4. The predicted molar refractivity (Wildman–Crippen MR) is 86.7 cm³/mol. The van der Waals surface area contributed by atoms with Gasteiger partial charge in [-0.3, -0.25) is 0 Å². The van der Waals surface area contributed by atoms with Crippen LogP contribution in [0.15, 0.2) is 48.5 Å². The van der Waals surface area contributed by atoms with Crippen molar-refractivity contribution in [3.8, 4) is 22.8 Å². The largest absolute Gasteiger partial charge is 0.506 e. The van der Waals surface area contributed by atoms with Crippen LogP contribution in [0.5, 0.6) is 11.5 Å². The number of carbonyl (C=O) groups excluding carboxylic acids is 1. The van der Waals surface area contributed by atoms with Crippen LogP contribution in [0.4, 0.5) is 0 Å². The minimum absolute atomic E-state index is 0.0915. The Balaban J connectivity index is 2.13. The van der Waals surface area contributed by atoms with Gasteiger partial charge in [0, 0.05) is 17.0 Å². The number of phenolic OH excluding ortho intramolecular Hbond substituents is 1. The second-order valence-electron chi connectivity index (χ2n) is 4.95. The first kappa shape index (κ1) is 14.8. The highest BCUT2D eigenvalue weighted by molar-refractivity contribution is 5.92. The van der Waals surface area contributed by atoms with Crippen LogP contribution in [-0.2, 0) is 4.74 Å². The first-order valence-electron chi connectivity index (χ1n) is 6.99. The molecule has 0 saturated carbocycles. The van der Waals surface area contributed by atoms with E-state index in [9.17, 15) is 9.90 Å². The second-order valence-corrected chi connectivity index (χ2v) is 4.95. The van der Waals surface area contributed by atoms with Crippen LogP contribution in [0.1, 0.15) is 10.4 Å². The summed E-state index contributed by atoms with van der Waals surface area (Å²) in [7, 11) is 2.91. The average molecular weight is 309 g/mol. The van der Waals surface area contributed by atoms with E-state index >= 15 is 0 Å². The Kier molecular flexibility index (Phi) is 3.85. The van der Waals surface area contributed by atoms with Crippen LogP contribution in [0.2, 0.25) is 0 Å². The van der Waals surface area contributed by atoms with Crippen LogP contribution in [0, 0.1) is 0 Å². The maximum atomic E-state index is 11.5. The van der Waals surface area contributed by atoms with E-state index in [0.717, 1.165) is 10.9 Å². The zero-order valence-corrected chi connectivity index (χ0v) is 12.7. The maximum Gasteiger partial charge on any atom is 0.337 e. The number of hydrogen-bond acceptors (Lipinski definition) is 5. The SMILES string of the molecule is COC(=O)c1ccc(-c2cc(OC)c3cccc(O)c3n2)cc1. The van der Waals surface area contributed by atoms with Crippen molar-refractivity contribution in [1.29, 1.82) is 0 Å². The van der Waals surface area contributed by atoms with Crippen molar-refractivity contribution in [3.63, 3.8) is 0 Å². The molecule has 1 heterocycles. The Hall–Kier alpha value is -3.08. The number of benzene rings is 2. The van der Waals surface area contributed by atoms with Gasteiger partial charge in [0.2, 0.25) is 0 Å². The Morgan fingerprint density at radius 2 is 1.83 bits per heavy atom. The monoisotopic (exact) mass is 309 g/mol. The van der Waals surface area contributed by atoms with Crippen LogP contribution in [0.3, 0.4) is 0 Å². The van der Waals surface area contributed by atoms with Gasteiger partial charge in [-0.05, 0) is 24.3 Å². The van der Waals surface area contributed by atoms with Gasteiger partial charge < -0.3 is 14.6 Å². The van der Waals surface area contributed by atoms with E-state index in [2.05, 4.69) is 9.72 Å². The molecule has 0 aliphatic heterocycles. The third-order valence-electron chi connectivity index (χ3n) is 3.60. The number of hydrogen-bond donors (Lipinski definition) is 1. The van der Waals surface area contributed by atoms with Gasteiger partial charge in [-0.15, -0.1) is 0 Å². The Bertz CT molecular complexity index is 872. The molecule has 3 aromatic rings. The molecule has 0 fully saturated rings. The minimum atomic E-state index is -0.391. The van der Waals surface area contributed by atoms with Crippen molar-refractivity contribution >= 4 is 16.9 Å². The summed E-state index contributed by atoms with van der Waals surface area (Å²) in [6.45, 7) is 0. The maximum absolute atomic E-state index is 11.5. The number of aromatic hydroxyl groups is 1. The van der Waals surface area contributed by atoms with Crippen LogP contribution in [0.25, 0.3) is 22.2 Å². The van der Waals surface area contributed by atoms with Gasteiger partial charge >= 0.3 is 5.97 Å². The van der Waals surface area contributed by atoms with Crippen molar-refractivity contribution in [2.24, 2.45) is 0 Å². The molecule has 0 radical (unpaired) electrons. The van der Waals surface area contributed by atoms with E-state index in [1.54, 1.807) is 49.6 Å². The Morgan fingerprint density at radius 1 is 1.09 bits per heavy atom. The minimum Gasteiger partial charge on any atom is -0.506 e. The molecule has 2 aromatic carbocycles. The standard InChI is InChI=1S/C18H15NO4/c1-22-16-10-14(19-17-13(16)4-3-5-15(17)20)11-6-8-12(9-7-11)18(21)23-2/h3-10,20H,1-2H3. The summed E-state index contributed by atoms with van der Waals surface area (Å²) in [4.78, 5) is 16.0. The van der Waals surface area contributed by atoms with Crippen molar-refractivity contribution < 1.29 is 19.4 Å². The normalized spacial score (nSPS) is 10.5. The van der Waals surface area contributed by atoms with E-state index in [0.29, 0.717) is 22.5 Å². The quantitative estimate of drug-likeness (QED) is 0.751. The molecule has 0 unspecified atom stereocenters. The highest BCUT2D eigenvalue weighted by Crippen LogP contribution is 2.33. The van der Waals surface area contributed by atoms with E-state index in [4.69, 9.17) is 4.74 Å². The molecule has 0 saturated heterocycles. The molecule has 0 spiro atoms. The van der Waals surface area contributed by atoms with E-state index in [1.165, 1.54) is 7.11 Å². The highest BCUT2D eigenvalue weighted by atomic mass is 16.5. The fraction of sp³-hybridized carbons (Fsp3) is 0.111. The topological polar surface area (TPSA) is 68.7 Å². The summed E-state index contributed by atoms with van der Waals surface area (Å²) in [6, 6.07) is 13.9. The molecule has 23 heavy (non-hydrogen) atoms. The molecule has 3 rings (SSSR count). The second kappa shape index (κ2) is 5.96. The lowest BCUT2D eigenvalue weighted by Crippen LogP contribution is -2.00. The zero-order valence-electron chi connectivity index (χ0n) is 12.7. The third-order valence-corrected chi connectivity index (χ3v) is 3.60. The molecule has 5 heteroatoms. The van der Waals surface area contributed by atoms with Crippen LogP contribution in [-0.4, -0.2) is 30.3 Å². The number of methoxy groups -OCH3 is 2. The van der Waals surface area contributed by atoms with Gasteiger partial charge in [-0.2, -0.15) is 0 Å². The summed E-state index contributed by atoms with van der Waals surface area (Å²) in [5, 5.41) is 10.8. The van der Waals surface area contributed by atoms with Crippen molar-refractivity contribution in [2.75, 3.05) is 14.2 Å². The van der Waals surface area contributed by atoms with Crippen LogP contribution >= 0.6 is 0 Å². The van der Waals surface area contributed by atoms with E-state index in [-0.39, 0.29) is 5.75 Å².